The molecule has 0 unspecified atom stereocenters. The van der Waals surface area contributed by atoms with Crippen LogP contribution in [0.1, 0.15) is 41.0 Å². The second kappa shape index (κ2) is 6.35. The van der Waals surface area contributed by atoms with Crippen LogP contribution in [0.25, 0.3) is 0 Å². The number of ether oxygens (including phenoxy) is 2. The van der Waals surface area contributed by atoms with Crippen molar-refractivity contribution in [2.75, 3.05) is 6.61 Å². The van der Waals surface area contributed by atoms with Crippen molar-refractivity contribution < 1.29 is 19.1 Å². The summed E-state index contributed by atoms with van der Waals surface area (Å²) in [6, 6.07) is -0.693. The van der Waals surface area contributed by atoms with Crippen molar-refractivity contribution in [3.63, 3.8) is 0 Å². The molecule has 16 heavy (non-hydrogen) atoms. The SMILES string of the molecule is CCCOC(=O)[C@H](C)NC(=O)OC(C)(C)C. The van der Waals surface area contributed by atoms with Gasteiger partial charge in [0.2, 0.25) is 0 Å². The van der Waals surface area contributed by atoms with Crippen molar-refractivity contribution in [3.8, 4) is 0 Å². The van der Waals surface area contributed by atoms with Gasteiger partial charge < -0.3 is 14.8 Å². The summed E-state index contributed by atoms with van der Waals surface area (Å²) in [5.41, 5.74) is -0.572. The summed E-state index contributed by atoms with van der Waals surface area (Å²) in [6.07, 6.45) is 0.138. The number of hydrogen-bond acceptors (Lipinski definition) is 4. The predicted octanol–water partition coefficient (Wildman–Crippen LogP) is 1.85. The van der Waals surface area contributed by atoms with Gasteiger partial charge in [0, 0.05) is 0 Å². The van der Waals surface area contributed by atoms with E-state index in [1.807, 2.05) is 6.92 Å². The Labute approximate surface area is 96.5 Å². The minimum atomic E-state index is -0.693. The molecule has 0 bridgehead atoms. The largest absolute Gasteiger partial charge is 0.464 e. The van der Waals surface area contributed by atoms with E-state index in [9.17, 15) is 9.59 Å². The highest BCUT2D eigenvalue weighted by atomic mass is 16.6. The lowest BCUT2D eigenvalue weighted by molar-refractivity contribution is -0.145. The third-order valence-corrected chi connectivity index (χ3v) is 1.54. The Balaban J connectivity index is 3.99. The second-order valence-electron chi connectivity index (χ2n) is 4.54. The van der Waals surface area contributed by atoms with Crippen LogP contribution in [-0.2, 0) is 14.3 Å². The van der Waals surface area contributed by atoms with Crippen molar-refractivity contribution in [3.05, 3.63) is 0 Å². The molecule has 0 aliphatic heterocycles. The summed E-state index contributed by atoms with van der Waals surface area (Å²) in [6.45, 7) is 9.09. The fraction of sp³-hybridized carbons (Fsp3) is 0.818. The Kier molecular flexibility index (Phi) is 5.85. The normalized spacial score (nSPS) is 12.8. The third-order valence-electron chi connectivity index (χ3n) is 1.54. The maximum atomic E-state index is 11.3. The Morgan fingerprint density at radius 2 is 1.88 bits per heavy atom. The highest BCUT2D eigenvalue weighted by Gasteiger charge is 2.21. The van der Waals surface area contributed by atoms with Gasteiger partial charge in [0.25, 0.3) is 0 Å². The number of nitrogens with one attached hydrogen (secondary N) is 1. The zero-order valence-corrected chi connectivity index (χ0v) is 10.6. The van der Waals surface area contributed by atoms with Gasteiger partial charge in [0.15, 0.2) is 0 Å². The molecule has 0 heterocycles. The smallest absolute Gasteiger partial charge is 0.408 e. The number of rotatable bonds is 4. The van der Waals surface area contributed by atoms with Crippen LogP contribution in [0.3, 0.4) is 0 Å². The standard InChI is InChI=1S/C11H21NO4/c1-6-7-15-9(13)8(2)12-10(14)16-11(3,4)5/h8H,6-7H2,1-5H3,(H,12,14)/t8-/m0/s1. The number of amides is 1. The zero-order valence-electron chi connectivity index (χ0n) is 10.6. The van der Waals surface area contributed by atoms with Gasteiger partial charge >= 0.3 is 12.1 Å². The van der Waals surface area contributed by atoms with E-state index >= 15 is 0 Å². The average Bonchev–Trinajstić information content (AvgIpc) is 2.10. The van der Waals surface area contributed by atoms with Gasteiger partial charge in [-0.2, -0.15) is 0 Å². The Morgan fingerprint density at radius 1 is 1.31 bits per heavy atom. The molecule has 5 nitrogen and oxygen atoms in total. The van der Waals surface area contributed by atoms with Gasteiger partial charge in [0.05, 0.1) is 6.61 Å². The molecule has 94 valence electrons. The van der Waals surface area contributed by atoms with Crippen LogP contribution in [0.15, 0.2) is 0 Å². The molecule has 0 fully saturated rings. The van der Waals surface area contributed by atoms with Crippen molar-refractivity contribution in [1.82, 2.24) is 5.32 Å². The molecule has 0 radical (unpaired) electrons. The molecule has 0 aromatic rings. The molecule has 1 atom stereocenters. The third kappa shape index (κ3) is 7.09. The number of carbonyl (C=O) groups excluding carboxylic acids is 2. The first-order valence-corrected chi connectivity index (χ1v) is 5.42. The minimum absolute atomic E-state index is 0.360. The molecule has 0 aromatic heterocycles. The summed E-state index contributed by atoms with van der Waals surface area (Å²) in [5, 5.41) is 2.41. The van der Waals surface area contributed by atoms with Gasteiger partial charge in [-0.15, -0.1) is 0 Å². The Morgan fingerprint density at radius 3 is 2.31 bits per heavy atom. The topological polar surface area (TPSA) is 64.6 Å². The summed E-state index contributed by atoms with van der Waals surface area (Å²) >= 11 is 0. The van der Waals surface area contributed by atoms with E-state index in [0.29, 0.717) is 6.61 Å². The quantitative estimate of drug-likeness (QED) is 0.750. The van der Waals surface area contributed by atoms with Crippen LogP contribution >= 0.6 is 0 Å². The number of alkyl carbamates (subject to hydrolysis) is 1. The van der Waals surface area contributed by atoms with Gasteiger partial charge in [0.1, 0.15) is 11.6 Å². The predicted molar refractivity (Wildman–Crippen MR) is 60.1 cm³/mol. The van der Waals surface area contributed by atoms with Crippen molar-refractivity contribution in [2.45, 2.75) is 52.7 Å². The number of carbonyl (C=O) groups is 2. The second-order valence-corrected chi connectivity index (χ2v) is 4.54. The molecule has 0 rings (SSSR count). The summed E-state index contributed by atoms with van der Waals surface area (Å²) in [7, 11) is 0. The molecular formula is C11H21NO4. The highest BCUT2D eigenvalue weighted by molar-refractivity contribution is 5.80. The fourth-order valence-corrected chi connectivity index (χ4v) is 0.871. The molecule has 1 N–H and O–H groups in total. The molecule has 0 saturated carbocycles. The maximum Gasteiger partial charge on any atom is 0.408 e. The Hall–Kier alpha value is -1.26. The summed E-state index contributed by atoms with van der Waals surface area (Å²) in [5.74, 6) is -0.451. The lowest BCUT2D eigenvalue weighted by atomic mass is 10.2. The van der Waals surface area contributed by atoms with Gasteiger partial charge in [-0.3, -0.25) is 0 Å². The fourth-order valence-electron chi connectivity index (χ4n) is 0.871. The number of hydrogen-bond donors (Lipinski definition) is 1. The van der Waals surface area contributed by atoms with Crippen molar-refractivity contribution in [1.29, 1.82) is 0 Å². The lowest BCUT2D eigenvalue weighted by Gasteiger charge is -2.21. The van der Waals surface area contributed by atoms with Crippen LogP contribution in [0, 0.1) is 0 Å². The van der Waals surface area contributed by atoms with E-state index in [0.717, 1.165) is 6.42 Å². The van der Waals surface area contributed by atoms with Crippen LogP contribution in [0.2, 0.25) is 0 Å². The maximum absolute atomic E-state index is 11.3. The van der Waals surface area contributed by atoms with Crippen molar-refractivity contribution >= 4 is 12.1 Å². The monoisotopic (exact) mass is 231 g/mol. The van der Waals surface area contributed by atoms with E-state index in [-0.39, 0.29) is 0 Å². The lowest BCUT2D eigenvalue weighted by Crippen LogP contribution is -2.42. The highest BCUT2D eigenvalue weighted by Crippen LogP contribution is 2.06. The van der Waals surface area contributed by atoms with Crippen LogP contribution < -0.4 is 5.32 Å². The van der Waals surface area contributed by atoms with E-state index in [2.05, 4.69) is 5.32 Å². The van der Waals surface area contributed by atoms with E-state index in [1.165, 1.54) is 0 Å². The van der Waals surface area contributed by atoms with E-state index in [1.54, 1.807) is 27.7 Å². The van der Waals surface area contributed by atoms with Crippen LogP contribution in [0.4, 0.5) is 4.79 Å². The first-order valence-electron chi connectivity index (χ1n) is 5.42. The van der Waals surface area contributed by atoms with Crippen LogP contribution in [0.5, 0.6) is 0 Å². The molecule has 0 spiro atoms. The minimum Gasteiger partial charge on any atom is -0.464 e. The summed E-state index contributed by atoms with van der Waals surface area (Å²) < 4.78 is 9.88. The van der Waals surface area contributed by atoms with Crippen LogP contribution in [-0.4, -0.2) is 30.3 Å². The molecule has 5 heteroatoms. The van der Waals surface area contributed by atoms with Crippen molar-refractivity contribution in [2.24, 2.45) is 0 Å². The first-order chi connectivity index (χ1) is 7.26. The van der Waals surface area contributed by atoms with E-state index in [4.69, 9.17) is 9.47 Å². The van der Waals surface area contributed by atoms with Gasteiger partial charge in [-0.05, 0) is 34.1 Å². The van der Waals surface area contributed by atoms with Gasteiger partial charge in [-0.1, -0.05) is 6.92 Å². The molecule has 0 aliphatic rings. The number of esters is 1. The molecular weight excluding hydrogens is 210 g/mol. The Bertz CT molecular complexity index is 245. The molecule has 1 amide bonds. The molecule has 0 aromatic carbocycles. The zero-order chi connectivity index (χ0) is 12.8. The summed E-state index contributed by atoms with van der Waals surface area (Å²) in [4.78, 5) is 22.6. The molecule has 0 saturated heterocycles. The van der Waals surface area contributed by atoms with E-state index < -0.39 is 23.7 Å². The first kappa shape index (κ1) is 14.7. The van der Waals surface area contributed by atoms with Gasteiger partial charge in [-0.25, -0.2) is 9.59 Å². The average molecular weight is 231 g/mol. The molecule has 0 aliphatic carbocycles.